The molecule has 2 aromatic carbocycles. The van der Waals surface area contributed by atoms with Crippen molar-refractivity contribution in [2.24, 2.45) is 0 Å². The van der Waals surface area contributed by atoms with Gasteiger partial charge in [-0.15, -0.1) is 0 Å². The maximum absolute atomic E-state index is 12.5. The number of nitrogens with zero attached hydrogens (tertiary/aromatic N) is 2. The number of nitrogens with one attached hydrogen (secondary N) is 3. The van der Waals surface area contributed by atoms with E-state index in [1.165, 1.54) is 0 Å². The van der Waals surface area contributed by atoms with Crippen molar-refractivity contribution in [1.82, 2.24) is 9.38 Å². The van der Waals surface area contributed by atoms with Gasteiger partial charge in [-0.3, -0.25) is 4.79 Å². The lowest BCUT2D eigenvalue weighted by molar-refractivity contribution is 0.102. The normalized spacial score (nSPS) is 10.4. The zero-order valence-corrected chi connectivity index (χ0v) is 14.8. The zero-order valence-electron chi connectivity index (χ0n) is 14.8. The third-order valence-corrected chi connectivity index (χ3v) is 4.01. The zero-order chi connectivity index (χ0) is 19.3. The Morgan fingerprint density at radius 1 is 0.750 bits per heavy atom. The van der Waals surface area contributed by atoms with Gasteiger partial charge in [0.1, 0.15) is 11.3 Å². The molecule has 7 heteroatoms. The summed E-state index contributed by atoms with van der Waals surface area (Å²) in [5.41, 5.74) is 2.81. The van der Waals surface area contributed by atoms with E-state index in [0.29, 0.717) is 28.4 Å². The summed E-state index contributed by atoms with van der Waals surface area (Å²) in [7, 11) is 0. The van der Waals surface area contributed by atoms with Crippen molar-refractivity contribution in [2.45, 2.75) is 0 Å². The minimum atomic E-state index is -0.366. The van der Waals surface area contributed by atoms with Gasteiger partial charge in [0.25, 0.3) is 5.91 Å². The highest BCUT2D eigenvalue weighted by atomic mass is 16.2. The van der Waals surface area contributed by atoms with Gasteiger partial charge in [0.05, 0.1) is 0 Å². The molecule has 3 amide bonds. The summed E-state index contributed by atoms with van der Waals surface area (Å²) in [5.74, 6) is -0.324. The van der Waals surface area contributed by atoms with Crippen LogP contribution in [0.15, 0.2) is 85.2 Å². The van der Waals surface area contributed by atoms with Gasteiger partial charge in [-0.1, -0.05) is 30.3 Å². The molecule has 0 bridgehead atoms. The highest BCUT2D eigenvalue weighted by Gasteiger charge is 2.11. The monoisotopic (exact) mass is 371 g/mol. The van der Waals surface area contributed by atoms with Crippen molar-refractivity contribution in [3.05, 3.63) is 90.9 Å². The molecule has 4 rings (SSSR count). The van der Waals surface area contributed by atoms with Crippen molar-refractivity contribution < 1.29 is 9.59 Å². The predicted molar refractivity (Wildman–Crippen MR) is 109 cm³/mol. The number of hydrogen-bond acceptors (Lipinski definition) is 3. The molecule has 7 nitrogen and oxygen atoms in total. The van der Waals surface area contributed by atoms with E-state index < -0.39 is 0 Å². The predicted octanol–water partition coefficient (Wildman–Crippen LogP) is 4.23. The van der Waals surface area contributed by atoms with Crippen LogP contribution in [0.5, 0.6) is 0 Å². The lowest BCUT2D eigenvalue weighted by Crippen LogP contribution is -2.19. The fourth-order valence-corrected chi connectivity index (χ4v) is 2.73. The molecule has 3 N–H and O–H groups in total. The average Bonchev–Trinajstić information content (AvgIpc) is 3.13. The van der Waals surface area contributed by atoms with Gasteiger partial charge in [-0.05, 0) is 42.5 Å². The summed E-state index contributed by atoms with van der Waals surface area (Å²) < 4.78 is 1.78. The van der Waals surface area contributed by atoms with Crippen LogP contribution in [0.4, 0.5) is 21.9 Å². The summed E-state index contributed by atoms with van der Waals surface area (Å²) in [4.78, 5) is 28.9. The molecule has 28 heavy (non-hydrogen) atoms. The SMILES string of the molecule is O=C(Nc1ccccc1)Nc1cccc(NC(=O)c2cn3ccccc3n2)c1. The van der Waals surface area contributed by atoms with Gasteiger partial charge >= 0.3 is 6.03 Å². The van der Waals surface area contributed by atoms with Crippen LogP contribution in [0.2, 0.25) is 0 Å². The fourth-order valence-electron chi connectivity index (χ4n) is 2.73. The topological polar surface area (TPSA) is 87.5 Å². The minimum absolute atomic E-state index is 0.311. The smallest absolute Gasteiger partial charge is 0.321 e. The molecule has 0 radical (unpaired) electrons. The molecule has 0 unspecified atom stereocenters. The maximum atomic E-state index is 12.5. The first kappa shape index (κ1) is 17.3. The van der Waals surface area contributed by atoms with Crippen LogP contribution in [0.25, 0.3) is 5.65 Å². The highest BCUT2D eigenvalue weighted by Crippen LogP contribution is 2.17. The second-order valence-electron chi connectivity index (χ2n) is 6.07. The number of anilines is 3. The van der Waals surface area contributed by atoms with E-state index in [4.69, 9.17) is 0 Å². The molecule has 2 aromatic heterocycles. The van der Waals surface area contributed by atoms with E-state index >= 15 is 0 Å². The van der Waals surface area contributed by atoms with Crippen LogP contribution in [0.3, 0.4) is 0 Å². The largest absolute Gasteiger partial charge is 0.323 e. The molecule has 0 saturated heterocycles. The third-order valence-electron chi connectivity index (χ3n) is 4.01. The molecule has 4 aromatic rings. The molecule has 0 saturated carbocycles. The van der Waals surface area contributed by atoms with E-state index in [1.54, 1.807) is 47.0 Å². The number of urea groups is 1. The van der Waals surface area contributed by atoms with Crippen LogP contribution in [-0.4, -0.2) is 21.3 Å². The Bertz CT molecular complexity index is 1100. The van der Waals surface area contributed by atoms with Gasteiger partial charge in [-0.2, -0.15) is 0 Å². The number of fused-ring (bicyclic) bond motifs is 1. The molecule has 0 fully saturated rings. The number of benzene rings is 2. The van der Waals surface area contributed by atoms with Crippen LogP contribution in [0.1, 0.15) is 10.5 Å². The first-order chi connectivity index (χ1) is 13.7. The van der Waals surface area contributed by atoms with E-state index in [2.05, 4.69) is 20.9 Å². The second kappa shape index (κ2) is 7.63. The van der Waals surface area contributed by atoms with Gasteiger partial charge in [0.2, 0.25) is 0 Å². The third kappa shape index (κ3) is 3.99. The Balaban J connectivity index is 1.43. The summed E-state index contributed by atoms with van der Waals surface area (Å²) in [6.07, 6.45) is 3.50. The van der Waals surface area contributed by atoms with Gasteiger partial charge in [-0.25, -0.2) is 9.78 Å². The van der Waals surface area contributed by atoms with Crippen LogP contribution in [-0.2, 0) is 0 Å². The molecule has 0 aliphatic rings. The second-order valence-corrected chi connectivity index (χ2v) is 6.07. The Morgan fingerprint density at radius 2 is 1.43 bits per heavy atom. The van der Waals surface area contributed by atoms with E-state index in [9.17, 15) is 9.59 Å². The number of carbonyl (C=O) groups excluding carboxylic acids is 2. The van der Waals surface area contributed by atoms with Crippen LogP contribution < -0.4 is 16.0 Å². The number of hydrogen-bond donors (Lipinski definition) is 3. The lowest BCUT2D eigenvalue weighted by Gasteiger charge is -2.09. The maximum Gasteiger partial charge on any atom is 0.323 e. The number of imidazole rings is 1. The van der Waals surface area contributed by atoms with Crippen molar-refractivity contribution in [3.8, 4) is 0 Å². The molecule has 0 aliphatic heterocycles. The number of pyridine rings is 1. The van der Waals surface area contributed by atoms with Crippen molar-refractivity contribution in [1.29, 1.82) is 0 Å². The number of carbonyl (C=O) groups is 2. The van der Waals surface area contributed by atoms with Gasteiger partial charge in [0, 0.05) is 29.5 Å². The number of aromatic nitrogens is 2. The molecule has 0 atom stereocenters. The van der Waals surface area contributed by atoms with E-state index in [0.717, 1.165) is 0 Å². The minimum Gasteiger partial charge on any atom is -0.321 e. The summed E-state index contributed by atoms with van der Waals surface area (Å²) in [5, 5.41) is 8.28. The fraction of sp³-hybridized carbons (Fsp3) is 0. The van der Waals surface area contributed by atoms with E-state index in [1.807, 2.05) is 42.6 Å². The van der Waals surface area contributed by atoms with Crippen molar-refractivity contribution in [2.75, 3.05) is 16.0 Å². The molecule has 138 valence electrons. The molecule has 0 spiro atoms. The average molecular weight is 371 g/mol. The summed E-state index contributed by atoms with van der Waals surface area (Å²) >= 11 is 0. The molecule has 2 heterocycles. The van der Waals surface area contributed by atoms with Gasteiger partial charge in [0.15, 0.2) is 0 Å². The van der Waals surface area contributed by atoms with Crippen molar-refractivity contribution >= 4 is 34.6 Å². The Labute approximate surface area is 161 Å². The highest BCUT2D eigenvalue weighted by molar-refractivity contribution is 6.04. The van der Waals surface area contributed by atoms with E-state index in [-0.39, 0.29) is 11.9 Å². The Hall–Kier alpha value is -4.13. The number of para-hydroxylation sites is 1. The number of rotatable bonds is 4. The first-order valence-electron chi connectivity index (χ1n) is 8.65. The first-order valence-corrected chi connectivity index (χ1v) is 8.65. The number of amides is 3. The molecule has 0 aliphatic carbocycles. The standard InChI is InChI=1S/C21H17N5O2/c27-20(18-14-26-12-5-4-11-19(26)25-18)22-16-9-6-10-17(13-16)24-21(28)23-15-7-2-1-3-8-15/h1-14H,(H,22,27)(H2,23,24,28). The summed E-state index contributed by atoms with van der Waals surface area (Å²) in [6, 6.07) is 21.2. The van der Waals surface area contributed by atoms with Crippen molar-refractivity contribution in [3.63, 3.8) is 0 Å². The molecular formula is C21H17N5O2. The van der Waals surface area contributed by atoms with Crippen LogP contribution in [0, 0.1) is 0 Å². The lowest BCUT2D eigenvalue weighted by atomic mass is 10.2. The molecular weight excluding hydrogens is 354 g/mol. The van der Waals surface area contributed by atoms with Crippen LogP contribution >= 0.6 is 0 Å². The Kier molecular flexibility index (Phi) is 4.71. The quantitative estimate of drug-likeness (QED) is 0.502. The summed E-state index contributed by atoms with van der Waals surface area (Å²) in [6.45, 7) is 0. The van der Waals surface area contributed by atoms with Gasteiger partial charge < -0.3 is 20.4 Å². The Morgan fingerprint density at radius 3 is 2.21 bits per heavy atom.